The summed E-state index contributed by atoms with van der Waals surface area (Å²) >= 11 is 1.38. The quantitative estimate of drug-likeness (QED) is 0.405. The summed E-state index contributed by atoms with van der Waals surface area (Å²) in [5, 5.41) is 16.1. The van der Waals surface area contributed by atoms with Gasteiger partial charge in [-0.05, 0) is 35.7 Å². The van der Waals surface area contributed by atoms with Gasteiger partial charge in [0.1, 0.15) is 0 Å². The zero-order valence-corrected chi connectivity index (χ0v) is 16.1. The number of nitrogens with one attached hydrogen (secondary N) is 2. The van der Waals surface area contributed by atoms with Crippen LogP contribution in [0.2, 0.25) is 0 Å². The van der Waals surface area contributed by atoms with E-state index in [-0.39, 0.29) is 11.7 Å². The number of hydrogen-bond donors (Lipinski definition) is 3. The van der Waals surface area contributed by atoms with E-state index in [4.69, 9.17) is 5.11 Å². The second-order valence-electron chi connectivity index (χ2n) is 6.05. The SMILES string of the molecule is O=C(O)/C=C/C(=O)Nc1ccc(SCC(=O)Nc2cccc3ccccc23)cc1. The van der Waals surface area contributed by atoms with Crippen molar-refractivity contribution in [3.8, 4) is 0 Å². The summed E-state index contributed by atoms with van der Waals surface area (Å²) in [7, 11) is 0. The number of fused-ring (bicyclic) bond motifs is 1. The summed E-state index contributed by atoms with van der Waals surface area (Å²) in [4.78, 5) is 35.2. The maximum absolute atomic E-state index is 12.3. The molecule has 0 aliphatic heterocycles. The lowest BCUT2D eigenvalue weighted by Gasteiger charge is -2.09. The first-order valence-corrected chi connectivity index (χ1v) is 9.72. The minimum atomic E-state index is -1.19. The topological polar surface area (TPSA) is 95.5 Å². The fourth-order valence-corrected chi connectivity index (χ4v) is 3.33. The number of aliphatic carboxylic acids is 1. The highest BCUT2D eigenvalue weighted by Crippen LogP contribution is 2.24. The molecule has 3 N–H and O–H groups in total. The number of benzene rings is 3. The number of anilines is 2. The van der Waals surface area contributed by atoms with Crippen molar-refractivity contribution in [3.05, 3.63) is 78.9 Å². The molecule has 3 aromatic rings. The molecule has 0 aliphatic rings. The smallest absolute Gasteiger partial charge is 0.328 e. The van der Waals surface area contributed by atoms with Crippen LogP contribution in [0.15, 0.2) is 83.8 Å². The summed E-state index contributed by atoms with van der Waals surface area (Å²) in [5.74, 6) is -1.57. The zero-order chi connectivity index (χ0) is 20.6. The first-order chi connectivity index (χ1) is 14.0. The van der Waals surface area contributed by atoms with Gasteiger partial charge in [-0.3, -0.25) is 9.59 Å². The van der Waals surface area contributed by atoms with Gasteiger partial charge in [-0.25, -0.2) is 4.79 Å². The molecule has 0 bridgehead atoms. The Morgan fingerprint density at radius 2 is 1.59 bits per heavy atom. The second kappa shape index (κ2) is 9.57. The maximum Gasteiger partial charge on any atom is 0.328 e. The van der Waals surface area contributed by atoms with E-state index < -0.39 is 11.9 Å². The van der Waals surface area contributed by atoms with Gasteiger partial charge in [0.15, 0.2) is 0 Å². The first kappa shape index (κ1) is 20.2. The van der Waals surface area contributed by atoms with Gasteiger partial charge in [-0.2, -0.15) is 0 Å². The van der Waals surface area contributed by atoms with E-state index >= 15 is 0 Å². The number of carboxylic acid groups (broad SMARTS) is 1. The summed E-state index contributed by atoms with van der Waals surface area (Å²) in [6.07, 6.45) is 1.72. The summed E-state index contributed by atoms with van der Waals surface area (Å²) in [6.45, 7) is 0. The van der Waals surface area contributed by atoms with Gasteiger partial charge < -0.3 is 15.7 Å². The Balaban J connectivity index is 1.54. The van der Waals surface area contributed by atoms with Gasteiger partial charge in [0, 0.05) is 33.8 Å². The molecule has 146 valence electrons. The number of rotatable bonds is 7. The van der Waals surface area contributed by atoms with Crippen LogP contribution in [0.5, 0.6) is 0 Å². The third-order valence-corrected chi connectivity index (χ3v) is 4.94. The fourth-order valence-electron chi connectivity index (χ4n) is 2.63. The summed E-state index contributed by atoms with van der Waals surface area (Å²) in [6, 6.07) is 20.6. The third kappa shape index (κ3) is 5.95. The standard InChI is InChI=1S/C22H18N2O4S/c25-20(12-13-22(27)28)23-16-8-10-17(11-9-16)29-14-21(26)24-19-7-3-5-15-4-1-2-6-18(15)19/h1-13H,14H2,(H,23,25)(H,24,26)(H,27,28)/b13-12+. The molecule has 0 aromatic heterocycles. The molecule has 0 saturated carbocycles. The summed E-state index contributed by atoms with van der Waals surface area (Å²) in [5.41, 5.74) is 1.32. The normalized spacial score (nSPS) is 10.8. The molecule has 0 radical (unpaired) electrons. The van der Waals surface area contributed by atoms with Crippen LogP contribution in [-0.2, 0) is 14.4 Å². The average molecular weight is 406 g/mol. The van der Waals surface area contributed by atoms with E-state index in [2.05, 4.69) is 10.6 Å². The largest absolute Gasteiger partial charge is 0.478 e. The lowest BCUT2D eigenvalue weighted by Crippen LogP contribution is -2.14. The van der Waals surface area contributed by atoms with Crippen molar-refractivity contribution in [1.82, 2.24) is 0 Å². The average Bonchev–Trinajstić information content (AvgIpc) is 2.72. The van der Waals surface area contributed by atoms with Crippen LogP contribution in [0.1, 0.15) is 0 Å². The number of carbonyl (C=O) groups is 3. The Hall–Kier alpha value is -3.58. The molecular weight excluding hydrogens is 388 g/mol. The van der Waals surface area contributed by atoms with E-state index in [0.717, 1.165) is 33.5 Å². The lowest BCUT2D eigenvalue weighted by molar-refractivity contribution is -0.131. The van der Waals surface area contributed by atoms with Crippen molar-refractivity contribution in [2.75, 3.05) is 16.4 Å². The molecule has 6 nitrogen and oxygen atoms in total. The Bertz CT molecular complexity index is 1070. The third-order valence-electron chi connectivity index (χ3n) is 3.93. The molecule has 2 amide bonds. The van der Waals surface area contributed by atoms with Crippen molar-refractivity contribution in [1.29, 1.82) is 0 Å². The Morgan fingerprint density at radius 3 is 2.34 bits per heavy atom. The van der Waals surface area contributed by atoms with Gasteiger partial charge in [-0.1, -0.05) is 36.4 Å². The minimum absolute atomic E-state index is 0.109. The highest BCUT2D eigenvalue weighted by atomic mass is 32.2. The highest BCUT2D eigenvalue weighted by molar-refractivity contribution is 8.00. The van der Waals surface area contributed by atoms with Gasteiger partial charge in [0.25, 0.3) is 0 Å². The van der Waals surface area contributed by atoms with Crippen LogP contribution in [0.25, 0.3) is 10.8 Å². The molecule has 0 fully saturated rings. The second-order valence-corrected chi connectivity index (χ2v) is 7.10. The van der Waals surface area contributed by atoms with Crippen molar-refractivity contribution in [2.24, 2.45) is 0 Å². The molecule has 3 aromatic carbocycles. The van der Waals surface area contributed by atoms with E-state index in [9.17, 15) is 14.4 Å². The van der Waals surface area contributed by atoms with Crippen molar-refractivity contribution >= 4 is 51.7 Å². The first-order valence-electron chi connectivity index (χ1n) is 8.74. The van der Waals surface area contributed by atoms with Gasteiger partial charge in [-0.15, -0.1) is 11.8 Å². The van der Waals surface area contributed by atoms with E-state index in [1.165, 1.54) is 11.8 Å². The summed E-state index contributed by atoms with van der Waals surface area (Å²) < 4.78 is 0. The molecule has 0 spiro atoms. The van der Waals surface area contributed by atoms with Crippen LogP contribution in [0, 0.1) is 0 Å². The van der Waals surface area contributed by atoms with Gasteiger partial charge in [0.05, 0.1) is 5.75 Å². The monoisotopic (exact) mass is 406 g/mol. The molecular formula is C22H18N2O4S. The minimum Gasteiger partial charge on any atom is -0.478 e. The number of amides is 2. The molecule has 0 saturated heterocycles. The predicted molar refractivity (Wildman–Crippen MR) is 115 cm³/mol. The fraction of sp³-hybridized carbons (Fsp3) is 0.0455. The van der Waals surface area contributed by atoms with Crippen molar-refractivity contribution in [3.63, 3.8) is 0 Å². The van der Waals surface area contributed by atoms with Crippen molar-refractivity contribution in [2.45, 2.75) is 4.90 Å². The molecule has 0 aliphatic carbocycles. The molecule has 0 atom stereocenters. The lowest BCUT2D eigenvalue weighted by atomic mass is 10.1. The number of carboxylic acids is 1. The molecule has 0 unspecified atom stereocenters. The number of thioether (sulfide) groups is 1. The van der Waals surface area contributed by atoms with E-state index in [1.54, 1.807) is 24.3 Å². The highest BCUT2D eigenvalue weighted by Gasteiger charge is 2.07. The Kier molecular flexibility index (Phi) is 6.65. The number of carbonyl (C=O) groups excluding carboxylic acids is 2. The maximum atomic E-state index is 12.3. The predicted octanol–water partition coefficient (Wildman–Crippen LogP) is 4.15. The molecule has 3 rings (SSSR count). The number of hydrogen-bond acceptors (Lipinski definition) is 4. The van der Waals surface area contributed by atoms with Crippen molar-refractivity contribution < 1.29 is 19.5 Å². The zero-order valence-electron chi connectivity index (χ0n) is 15.3. The van der Waals surface area contributed by atoms with Crippen LogP contribution in [0.3, 0.4) is 0 Å². The van der Waals surface area contributed by atoms with E-state index in [0.29, 0.717) is 5.69 Å². The van der Waals surface area contributed by atoms with Gasteiger partial charge in [0.2, 0.25) is 11.8 Å². The van der Waals surface area contributed by atoms with E-state index in [1.807, 2.05) is 42.5 Å². The Labute approximate surface area is 171 Å². The van der Waals surface area contributed by atoms with Crippen LogP contribution in [0.4, 0.5) is 11.4 Å². The van der Waals surface area contributed by atoms with Gasteiger partial charge >= 0.3 is 5.97 Å². The van der Waals surface area contributed by atoms with Crippen LogP contribution < -0.4 is 10.6 Å². The molecule has 0 heterocycles. The molecule has 7 heteroatoms. The Morgan fingerprint density at radius 1 is 0.862 bits per heavy atom. The molecule has 29 heavy (non-hydrogen) atoms. The van der Waals surface area contributed by atoms with Crippen LogP contribution >= 0.6 is 11.8 Å². The van der Waals surface area contributed by atoms with Crippen LogP contribution in [-0.4, -0.2) is 28.6 Å².